The minimum absolute atomic E-state index is 0.356. The van der Waals surface area contributed by atoms with E-state index in [2.05, 4.69) is 13.8 Å². The number of nitrogens with zero attached hydrogens (tertiary/aromatic N) is 3. The van der Waals surface area contributed by atoms with Gasteiger partial charge >= 0.3 is 8.56 Å². The Labute approximate surface area is 107 Å². The van der Waals surface area contributed by atoms with Crippen LogP contribution in [0.2, 0.25) is 5.54 Å². The monoisotopic (exact) mass is 265 g/mol. The average Bonchev–Trinajstić information content (AvgIpc) is 1.95. The quantitative estimate of drug-likeness (QED) is 0.359. The molecule has 17 heavy (non-hydrogen) atoms. The van der Waals surface area contributed by atoms with Crippen molar-refractivity contribution < 1.29 is 12.8 Å². The first-order valence-electron chi connectivity index (χ1n) is 6.11. The SMILES string of the molecule is CCC(C)[Si]([N+](C)(C)N)([N+](C)(C)N)[N+](C)(C)N. The molecule has 0 aromatic heterocycles. The molecular weight excluding hydrogens is 232 g/mol. The van der Waals surface area contributed by atoms with Gasteiger partial charge in [0.05, 0.1) is 42.3 Å². The molecule has 1 unspecified atom stereocenters. The number of hydrogen-bond acceptors (Lipinski definition) is 3. The Kier molecular flexibility index (Phi) is 4.57. The summed E-state index contributed by atoms with van der Waals surface area (Å²) in [5.41, 5.74) is 0.405. The van der Waals surface area contributed by atoms with Crippen molar-refractivity contribution in [2.24, 2.45) is 17.5 Å². The Balaban J connectivity index is 6.13. The number of quaternary nitrogens is 3. The van der Waals surface area contributed by atoms with Crippen molar-refractivity contribution in [3.05, 3.63) is 0 Å². The van der Waals surface area contributed by atoms with Gasteiger partial charge in [0, 0.05) is 0 Å². The number of hydrogen-bond donors (Lipinski definition) is 3. The molecule has 0 rings (SSSR count). The maximum Gasteiger partial charge on any atom is 0.822 e. The first-order chi connectivity index (χ1) is 7.23. The molecule has 0 aliphatic carbocycles. The highest BCUT2D eigenvalue weighted by Crippen LogP contribution is 2.37. The van der Waals surface area contributed by atoms with Crippen LogP contribution in [0.4, 0.5) is 0 Å². The predicted octanol–water partition coefficient (Wildman–Crippen LogP) is -0.424. The second kappa shape index (κ2) is 4.58. The summed E-state index contributed by atoms with van der Waals surface area (Å²) in [6.07, 6.45) is 1.03. The predicted molar refractivity (Wildman–Crippen MR) is 74.4 cm³/mol. The molecule has 0 aromatic carbocycles. The van der Waals surface area contributed by atoms with E-state index in [1.54, 1.807) is 0 Å². The lowest BCUT2D eigenvalue weighted by Gasteiger charge is -2.50. The van der Waals surface area contributed by atoms with Crippen molar-refractivity contribution in [2.45, 2.75) is 25.8 Å². The van der Waals surface area contributed by atoms with E-state index in [0.29, 0.717) is 18.3 Å². The molecule has 0 saturated heterocycles. The zero-order valence-electron chi connectivity index (χ0n) is 12.9. The van der Waals surface area contributed by atoms with Crippen molar-refractivity contribution in [3.63, 3.8) is 0 Å². The molecule has 7 heteroatoms. The third kappa shape index (κ3) is 2.55. The molecule has 0 aliphatic heterocycles. The summed E-state index contributed by atoms with van der Waals surface area (Å²) in [4.78, 5) is 0. The van der Waals surface area contributed by atoms with Crippen LogP contribution in [0.3, 0.4) is 0 Å². The summed E-state index contributed by atoms with van der Waals surface area (Å²) < 4.78 is 1.07. The van der Waals surface area contributed by atoms with Crippen LogP contribution in [0.5, 0.6) is 0 Å². The first kappa shape index (κ1) is 17.0. The molecule has 0 aromatic rings. The van der Waals surface area contributed by atoms with Crippen molar-refractivity contribution in [1.29, 1.82) is 0 Å². The van der Waals surface area contributed by atoms with E-state index < -0.39 is 8.56 Å². The summed E-state index contributed by atoms with van der Waals surface area (Å²) in [7, 11) is 9.71. The fourth-order valence-corrected chi connectivity index (χ4v) is 11.9. The molecular formula is C10H33N6Si+3. The first-order valence-corrected chi connectivity index (χ1v) is 8.03. The van der Waals surface area contributed by atoms with E-state index in [4.69, 9.17) is 17.5 Å². The smallest absolute Gasteiger partial charge is 0.211 e. The van der Waals surface area contributed by atoms with Crippen molar-refractivity contribution in [2.75, 3.05) is 42.3 Å². The van der Waals surface area contributed by atoms with Gasteiger partial charge in [-0.2, -0.15) is 17.5 Å². The topological polar surface area (TPSA) is 78.1 Å². The van der Waals surface area contributed by atoms with Gasteiger partial charge in [-0.15, -0.1) is 0 Å². The minimum Gasteiger partial charge on any atom is -0.211 e. The molecule has 0 radical (unpaired) electrons. The van der Waals surface area contributed by atoms with Crippen molar-refractivity contribution in [1.82, 2.24) is 0 Å². The van der Waals surface area contributed by atoms with Crippen LogP contribution < -0.4 is 17.5 Å². The standard InChI is InChI=1S/C10H33N6Si/c1-9-10(2)17(14(3,4)11,15(5,6)12)16(7,8)13/h10H,9,11-13H2,1-8H3/q+3. The van der Waals surface area contributed by atoms with Gasteiger partial charge in [0.2, 0.25) is 0 Å². The molecule has 6 N–H and O–H groups in total. The third-order valence-corrected chi connectivity index (χ3v) is 10.6. The van der Waals surface area contributed by atoms with E-state index in [9.17, 15) is 0 Å². The fraction of sp³-hybridized carbons (Fsp3) is 1.00. The van der Waals surface area contributed by atoms with Crippen LogP contribution in [0, 0.1) is 0 Å². The molecule has 1 atom stereocenters. The van der Waals surface area contributed by atoms with Crippen LogP contribution in [0.25, 0.3) is 0 Å². The Morgan fingerprint density at radius 1 is 0.824 bits per heavy atom. The molecule has 0 saturated carbocycles. The molecule has 104 valence electrons. The normalized spacial score (nSPS) is 17.1. The zero-order chi connectivity index (χ0) is 14.3. The van der Waals surface area contributed by atoms with E-state index in [-0.39, 0.29) is 0 Å². The summed E-state index contributed by atoms with van der Waals surface area (Å²) in [6, 6.07) is 0. The van der Waals surface area contributed by atoms with Crippen molar-refractivity contribution >= 4 is 8.56 Å². The van der Waals surface area contributed by atoms with Gasteiger partial charge in [0.1, 0.15) is 5.54 Å². The zero-order valence-corrected chi connectivity index (χ0v) is 13.9. The van der Waals surface area contributed by atoms with Gasteiger partial charge in [0.25, 0.3) is 0 Å². The summed E-state index contributed by atoms with van der Waals surface area (Å²) in [6.45, 7) is 4.40. The van der Waals surface area contributed by atoms with Crippen LogP contribution in [-0.4, -0.2) is 63.6 Å². The second-order valence-corrected chi connectivity index (χ2v) is 12.4. The second-order valence-electron chi connectivity index (χ2n) is 6.62. The Morgan fingerprint density at radius 2 is 1.06 bits per heavy atom. The average molecular weight is 266 g/mol. The molecule has 0 fully saturated rings. The van der Waals surface area contributed by atoms with Crippen molar-refractivity contribution in [3.8, 4) is 0 Å². The highest BCUT2D eigenvalue weighted by atomic mass is 28.4. The largest absolute Gasteiger partial charge is 0.822 e. The van der Waals surface area contributed by atoms with Crippen LogP contribution >= 0.6 is 0 Å². The van der Waals surface area contributed by atoms with Gasteiger partial charge < -0.3 is 0 Å². The van der Waals surface area contributed by atoms with E-state index in [1.165, 1.54) is 0 Å². The minimum atomic E-state index is -2.36. The Hall–Kier alpha value is -0.0231. The van der Waals surface area contributed by atoms with Gasteiger partial charge in [-0.05, 0) is 13.3 Å². The Bertz CT molecular complexity index is 223. The van der Waals surface area contributed by atoms with E-state index >= 15 is 0 Å². The van der Waals surface area contributed by atoms with E-state index in [0.717, 1.165) is 6.42 Å². The summed E-state index contributed by atoms with van der Waals surface area (Å²) in [5, 5.41) is 0. The third-order valence-electron chi connectivity index (χ3n) is 3.82. The highest BCUT2D eigenvalue weighted by molar-refractivity contribution is 6.59. The summed E-state index contributed by atoms with van der Waals surface area (Å²) >= 11 is 0. The number of nitrogens with two attached hydrogens (primary N) is 3. The molecule has 0 amide bonds. The van der Waals surface area contributed by atoms with Gasteiger partial charge in [0.15, 0.2) is 0 Å². The van der Waals surface area contributed by atoms with Gasteiger partial charge in [-0.1, -0.05) is 6.92 Å². The molecule has 6 nitrogen and oxygen atoms in total. The summed E-state index contributed by atoms with van der Waals surface area (Å²) in [5.74, 6) is 19.4. The van der Waals surface area contributed by atoms with Gasteiger partial charge in [-0.3, -0.25) is 0 Å². The van der Waals surface area contributed by atoms with Gasteiger partial charge in [-0.25, -0.2) is 12.8 Å². The van der Waals surface area contributed by atoms with Crippen LogP contribution in [0.15, 0.2) is 0 Å². The molecule has 0 spiro atoms. The molecule has 0 heterocycles. The Morgan fingerprint density at radius 3 is 1.12 bits per heavy atom. The number of rotatable bonds is 5. The van der Waals surface area contributed by atoms with Crippen LogP contribution in [-0.2, 0) is 0 Å². The lowest BCUT2D eigenvalue weighted by Crippen LogP contribution is -2.96. The highest BCUT2D eigenvalue weighted by Gasteiger charge is 2.84. The molecule has 0 bridgehead atoms. The lowest BCUT2D eigenvalue weighted by atomic mass is 10.4. The van der Waals surface area contributed by atoms with Crippen LogP contribution in [0.1, 0.15) is 20.3 Å². The molecule has 0 aliphatic rings. The van der Waals surface area contributed by atoms with E-state index in [1.807, 2.05) is 42.3 Å². The maximum absolute atomic E-state index is 6.47. The lowest BCUT2D eigenvalue weighted by molar-refractivity contribution is -1.03. The maximum atomic E-state index is 6.47. The fourth-order valence-electron chi connectivity index (χ4n) is 3.97.